The van der Waals surface area contributed by atoms with Crippen LogP contribution in [0.25, 0.3) is 10.9 Å². The summed E-state index contributed by atoms with van der Waals surface area (Å²) in [7, 11) is 0. The van der Waals surface area contributed by atoms with Crippen molar-refractivity contribution in [1.29, 1.82) is 0 Å². The van der Waals surface area contributed by atoms with Crippen molar-refractivity contribution in [2.75, 3.05) is 0 Å². The topological polar surface area (TPSA) is 158 Å². The Morgan fingerprint density at radius 1 is 1.17 bits per heavy atom. The second kappa shape index (κ2) is 8.29. The number of carbonyl (C=O) groups is 3. The Balaban J connectivity index is 2.38. The molecule has 0 radical (unpaired) electrons. The molecular weight excluding hydrogens is 420 g/mol. The number of aliphatic carboxylic acids is 2. The van der Waals surface area contributed by atoms with Gasteiger partial charge in [-0.05, 0) is 30.3 Å². The quantitative estimate of drug-likeness (QED) is 0.363. The van der Waals surface area contributed by atoms with Gasteiger partial charge in [-0.2, -0.15) is 0 Å². The highest BCUT2D eigenvalue weighted by molar-refractivity contribution is 7.75. The van der Waals surface area contributed by atoms with E-state index in [1.807, 2.05) is 0 Å². The van der Waals surface area contributed by atoms with Crippen molar-refractivity contribution in [3.63, 3.8) is 0 Å². The highest BCUT2D eigenvalue weighted by Crippen LogP contribution is 2.17. The zero-order chi connectivity index (χ0) is 22.0. The molecule has 11 nitrogen and oxygen atoms in total. The highest BCUT2D eigenvalue weighted by atomic mass is 32.1. The van der Waals surface area contributed by atoms with Crippen molar-refractivity contribution < 1.29 is 33.2 Å². The SMILES string of the molecule is O=C(O)C[C@@H](C(=O)O)n1c(=O)c2cc(C(=O)OS)ccc2n(Cc2ccco2)c1=O. The first-order chi connectivity index (χ1) is 14.2. The fraction of sp³-hybridized carbons (Fsp3) is 0.167. The molecule has 2 aromatic heterocycles. The van der Waals surface area contributed by atoms with Crippen molar-refractivity contribution in [3.8, 4) is 0 Å². The van der Waals surface area contributed by atoms with Crippen LogP contribution in [-0.4, -0.2) is 37.3 Å². The Labute approximate surface area is 172 Å². The molecule has 1 atom stereocenters. The number of hydrogen-bond donors (Lipinski definition) is 3. The van der Waals surface area contributed by atoms with E-state index in [1.54, 1.807) is 12.1 Å². The van der Waals surface area contributed by atoms with Gasteiger partial charge in [0.15, 0.2) is 0 Å². The molecule has 0 spiro atoms. The van der Waals surface area contributed by atoms with Crippen LogP contribution in [-0.2, 0) is 20.3 Å². The third-order valence-corrected chi connectivity index (χ3v) is 4.52. The molecule has 0 saturated carbocycles. The second-order valence-electron chi connectivity index (χ2n) is 6.19. The van der Waals surface area contributed by atoms with E-state index in [4.69, 9.17) is 9.52 Å². The Bertz CT molecular complexity index is 1260. The van der Waals surface area contributed by atoms with Gasteiger partial charge < -0.3 is 18.8 Å². The number of carbonyl (C=O) groups excluding carboxylic acids is 1. The van der Waals surface area contributed by atoms with Crippen molar-refractivity contribution in [2.45, 2.75) is 19.0 Å². The summed E-state index contributed by atoms with van der Waals surface area (Å²) in [6.07, 6.45) is 0.360. The molecule has 30 heavy (non-hydrogen) atoms. The van der Waals surface area contributed by atoms with Crippen LogP contribution in [0, 0.1) is 0 Å². The first-order valence-electron chi connectivity index (χ1n) is 8.36. The van der Waals surface area contributed by atoms with E-state index in [1.165, 1.54) is 18.4 Å². The molecule has 12 heteroatoms. The van der Waals surface area contributed by atoms with Gasteiger partial charge in [-0.25, -0.2) is 19.0 Å². The summed E-state index contributed by atoms with van der Waals surface area (Å²) >= 11 is 3.42. The molecule has 0 amide bonds. The van der Waals surface area contributed by atoms with Gasteiger partial charge in [0.05, 0.1) is 35.7 Å². The number of benzene rings is 1. The summed E-state index contributed by atoms with van der Waals surface area (Å²) in [5.41, 5.74) is -2.09. The Hall–Kier alpha value is -3.80. The average molecular weight is 434 g/mol. The fourth-order valence-corrected chi connectivity index (χ4v) is 3.12. The lowest BCUT2D eigenvalue weighted by Gasteiger charge is -2.17. The van der Waals surface area contributed by atoms with Crippen molar-refractivity contribution in [2.24, 2.45) is 0 Å². The molecular formula is C18H14N2O9S. The summed E-state index contributed by atoms with van der Waals surface area (Å²) in [5.74, 6) is -3.74. The molecule has 0 aliphatic heterocycles. The molecule has 2 heterocycles. The summed E-state index contributed by atoms with van der Waals surface area (Å²) in [6, 6.07) is 4.91. The number of carboxylic acid groups (broad SMARTS) is 2. The second-order valence-corrected chi connectivity index (χ2v) is 6.37. The third kappa shape index (κ3) is 3.85. The maximum absolute atomic E-state index is 13.1. The monoisotopic (exact) mass is 434 g/mol. The number of rotatable bonds is 7. The van der Waals surface area contributed by atoms with Crippen LogP contribution in [0.2, 0.25) is 0 Å². The lowest BCUT2D eigenvalue weighted by molar-refractivity contribution is -0.147. The lowest BCUT2D eigenvalue weighted by atomic mass is 10.1. The lowest BCUT2D eigenvalue weighted by Crippen LogP contribution is -2.45. The molecule has 0 unspecified atom stereocenters. The van der Waals surface area contributed by atoms with E-state index < -0.39 is 41.6 Å². The standard InChI is InChI=1S/C18H14N2O9S/c21-14(22)7-13(16(24)25)20-15(23)11-6-9(17(26)29-30)3-4-12(11)19(18(20)27)8-10-2-1-5-28-10/h1-6,13,30H,7-8H2,(H,21,22)(H,24,25)/t13-/m0/s1. The molecule has 0 aliphatic carbocycles. The zero-order valence-electron chi connectivity index (χ0n) is 15.0. The number of furan rings is 1. The van der Waals surface area contributed by atoms with E-state index in [2.05, 4.69) is 17.1 Å². The summed E-state index contributed by atoms with van der Waals surface area (Å²) < 4.78 is 10.9. The van der Waals surface area contributed by atoms with Crippen LogP contribution < -0.4 is 11.2 Å². The van der Waals surface area contributed by atoms with Gasteiger partial charge in [0.1, 0.15) is 11.8 Å². The predicted octanol–water partition coefficient (Wildman–Crippen LogP) is 0.906. The molecule has 3 rings (SSSR count). The van der Waals surface area contributed by atoms with E-state index >= 15 is 0 Å². The van der Waals surface area contributed by atoms with Gasteiger partial charge >= 0.3 is 23.6 Å². The number of aromatic nitrogens is 2. The number of nitrogens with zero attached hydrogens (tertiary/aromatic N) is 2. The minimum Gasteiger partial charge on any atom is -0.481 e. The minimum absolute atomic E-state index is 0.0746. The largest absolute Gasteiger partial charge is 0.481 e. The highest BCUT2D eigenvalue weighted by Gasteiger charge is 2.29. The van der Waals surface area contributed by atoms with Gasteiger partial charge in [0.2, 0.25) is 0 Å². The summed E-state index contributed by atoms with van der Waals surface area (Å²) in [4.78, 5) is 60.6. The summed E-state index contributed by atoms with van der Waals surface area (Å²) in [6.45, 7) is -0.168. The number of fused-ring (bicyclic) bond motifs is 1. The molecule has 0 bridgehead atoms. The normalized spacial score (nSPS) is 11.9. The molecule has 2 N–H and O–H groups in total. The first kappa shape index (κ1) is 20.9. The van der Waals surface area contributed by atoms with Gasteiger partial charge in [-0.3, -0.25) is 14.2 Å². The van der Waals surface area contributed by atoms with E-state index in [0.717, 1.165) is 10.6 Å². The number of carboxylic acids is 2. The molecule has 1 aromatic carbocycles. The smallest absolute Gasteiger partial charge is 0.349 e. The first-order valence-corrected chi connectivity index (χ1v) is 8.73. The fourth-order valence-electron chi connectivity index (χ4n) is 3.01. The van der Waals surface area contributed by atoms with Crippen LogP contribution in [0.15, 0.2) is 50.6 Å². The van der Waals surface area contributed by atoms with Crippen molar-refractivity contribution in [1.82, 2.24) is 9.13 Å². The molecule has 3 aromatic rings. The van der Waals surface area contributed by atoms with Crippen molar-refractivity contribution >= 4 is 41.7 Å². The maximum atomic E-state index is 13.1. The molecule has 0 fully saturated rings. The van der Waals surface area contributed by atoms with Gasteiger partial charge in [-0.1, -0.05) is 0 Å². The number of thiol groups is 1. The van der Waals surface area contributed by atoms with Crippen LogP contribution in [0.1, 0.15) is 28.6 Å². The van der Waals surface area contributed by atoms with Gasteiger partial charge in [-0.15, -0.1) is 0 Å². The Morgan fingerprint density at radius 2 is 1.90 bits per heavy atom. The molecule has 0 saturated heterocycles. The van der Waals surface area contributed by atoms with Gasteiger partial charge in [0, 0.05) is 12.9 Å². The van der Waals surface area contributed by atoms with E-state index in [0.29, 0.717) is 10.3 Å². The van der Waals surface area contributed by atoms with Crippen LogP contribution in [0.3, 0.4) is 0 Å². The van der Waals surface area contributed by atoms with E-state index in [9.17, 15) is 29.1 Å². The van der Waals surface area contributed by atoms with Crippen LogP contribution >= 0.6 is 12.9 Å². The predicted molar refractivity (Wildman–Crippen MR) is 104 cm³/mol. The van der Waals surface area contributed by atoms with Crippen LogP contribution in [0.4, 0.5) is 0 Å². The van der Waals surface area contributed by atoms with E-state index in [-0.39, 0.29) is 23.0 Å². The minimum atomic E-state index is -1.96. The Morgan fingerprint density at radius 3 is 2.47 bits per heavy atom. The third-order valence-electron chi connectivity index (χ3n) is 4.35. The average Bonchev–Trinajstić information content (AvgIpc) is 3.22. The number of hydrogen-bond acceptors (Lipinski definition) is 8. The Kier molecular flexibility index (Phi) is 5.78. The zero-order valence-corrected chi connectivity index (χ0v) is 15.9. The summed E-state index contributed by atoms with van der Waals surface area (Å²) in [5, 5.41) is 18.3. The van der Waals surface area contributed by atoms with Crippen molar-refractivity contribution in [3.05, 3.63) is 68.8 Å². The molecule has 156 valence electrons. The van der Waals surface area contributed by atoms with Gasteiger partial charge in [0.25, 0.3) is 5.56 Å². The van der Waals surface area contributed by atoms with Crippen LogP contribution in [0.5, 0.6) is 0 Å². The molecule has 0 aliphatic rings. The maximum Gasteiger partial charge on any atom is 0.349 e.